The van der Waals surface area contributed by atoms with Crippen molar-refractivity contribution in [1.29, 1.82) is 0 Å². The summed E-state index contributed by atoms with van der Waals surface area (Å²) in [4.78, 5) is 4.14. The summed E-state index contributed by atoms with van der Waals surface area (Å²) < 4.78 is 31.6. The van der Waals surface area contributed by atoms with Gasteiger partial charge in [0.25, 0.3) is 5.92 Å². The van der Waals surface area contributed by atoms with Crippen LogP contribution in [0.4, 0.5) is 8.78 Å². The molecule has 0 saturated carbocycles. The van der Waals surface area contributed by atoms with Gasteiger partial charge in [-0.2, -0.15) is 13.9 Å². The number of fused-ring (bicyclic) bond motifs is 1. The summed E-state index contributed by atoms with van der Waals surface area (Å²) in [5.74, 6) is -3.29. The van der Waals surface area contributed by atoms with Crippen molar-refractivity contribution in [3.8, 4) is 0 Å². The number of aromatic nitrogens is 3. The molecule has 0 unspecified atom stereocenters. The van der Waals surface area contributed by atoms with Gasteiger partial charge in [-0.15, -0.1) is 0 Å². The molecule has 35 heavy (non-hydrogen) atoms. The standard InChI is InChI=1S/C28H22ClF2N3O/c1-27(30,31)26-25-22(18-35)32-24(29)17-23(25)34(33-26)28(19-11-5-2-6-12-19,20-13-7-3-8-14-20)21-15-9-4-10-16-21/h2-17,35H,18H2,1H3. The summed E-state index contributed by atoms with van der Waals surface area (Å²) in [6.07, 6.45) is 0. The fraction of sp³-hybridized carbons (Fsp3) is 0.143. The average Bonchev–Trinajstić information content (AvgIpc) is 3.26. The van der Waals surface area contributed by atoms with E-state index in [2.05, 4.69) is 10.1 Å². The molecular formula is C28H22ClF2N3O. The Bertz CT molecular complexity index is 1370. The summed E-state index contributed by atoms with van der Waals surface area (Å²) >= 11 is 6.34. The van der Waals surface area contributed by atoms with Crippen LogP contribution in [0.5, 0.6) is 0 Å². The molecule has 0 aliphatic carbocycles. The van der Waals surface area contributed by atoms with Crippen molar-refractivity contribution in [1.82, 2.24) is 14.8 Å². The second-order valence-electron chi connectivity index (χ2n) is 8.40. The quantitative estimate of drug-likeness (QED) is 0.218. The predicted octanol–water partition coefficient (Wildman–Crippen LogP) is 6.53. The molecule has 3 aromatic carbocycles. The van der Waals surface area contributed by atoms with E-state index >= 15 is 0 Å². The van der Waals surface area contributed by atoms with Gasteiger partial charge in [-0.3, -0.25) is 0 Å². The molecule has 2 aromatic heterocycles. The van der Waals surface area contributed by atoms with Gasteiger partial charge in [0.05, 0.1) is 23.2 Å². The molecular weight excluding hydrogens is 468 g/mol. The number of aliphatic hydroxyl groups excluding tert-OH is 1. The van der Waals surface area contributed by atoms with Gasteiger partial charge in [-0.05, 0) is 16.7 Å². The highest BCUT2D eigenvalue weighted by molar-refractivity contribution is 6.30. The number of hydrogen-bond donors (Lipinski definition) is 1. The fourth-order valence-corrected chi connectivity index (χ4v) is 4.97. The number of pyridine rings is 1. The van der Waals surface area contributed by atoms with E-state index in [1.54, 1.807) is 4.68 Å². The molecule has 0 aliphatic rings. The van der Waals surface area contributed by atoms with E-state index in [1.807, 2.05) is 91.0 Å². The summed E-state index contributed by atoms with van der Waals surface area (Å²) in [5, 5.41) is 14.8. The Labute approximate surface area is 206 Å². The highest BCUT2D eigenvalue weighted by atomic mass is 35.5. The summed E-state index contributed by atoms with van der Waals surface area (Å²) in [7, 11) is 0. The Hall–Kier alpha value is -3.61. The smallest absolute Gasteiger partial charge is 0.289 e. The molecule has 0 bridgehead atoms. The van der Waals surface area contributed by atoms with Crippen LogP contribution in [-0.4, -0.2) is 19.9 Å². The Kier molecular flexibility index (Phi) is 5.87. The maximum atomic E-state index is 15.0. The Morgan fingerprint density at radius 3 is 1.69 bits per heavy atom. The maximum Gasteiger partial charge on any atom is 0.289 e. The Morgan fingerprint density at radius 2 is 1.29 bits per heavy atom. The second-order valence-corrected chi connectivity index (χ2v) is 8.79. The van der Waals surface area contributed by atoms with E-state index in [1.165, 1.54) is 6.07 Å². The van der Waals surface area contributed by atoms with Crippen molar-refractivity contribution in [3.05, 3.63) is 130 Å². The third-order valence-corrected chi connectivity index (χ3v) is 6.36. The van der Waals surface area contributed by atoms with Crippen LogP contribution in [0.15, 0.2) is 97.1 Å². The van der Waals surface area contributed by atoms with E-state index in [4.69, 9.17) is 11.6 Å². The molecule has 7 heteroatoms. The van der Waals surface area contributed by atoms with E-state index < -0.39 is 23.8 Å². The predicted molar refractivity (Wildman–Crippen MR) is 133 cm³/mol. The molecule has 0 amide bonds. The highest BCUT2D eigenvalue weighted by Crippen LogP contribution is 2.45. The zero-order valence-electron chi connectivity index (χ0n) is 18.9. The van der Waals surface area contributed by atoms with Crippen LogP contribution in [-0.2, 0) is 18.1 Å². The first-order chi connectivity index (χ1) is 16.9. The van der Waals surface area contributed by atoms with Crippen LogP contribution in [0.25, 0.3) is 10.9 Å². The molecule has 0 fully saturated rings. The maximum absolute atomic E-state index is 15.0. The summed E-state index contributed by atoms with van der Waals surface area (Å²) in [5.41, 5.74) is 1.29. The lowest BCUT2D eigenvalue weighted by molar-refractivity contribution is 0.0132. The molecule has 5 aromatic rings. The number of aliphatic hydroxyl groups is 1. The first kappa shape index (κ1) is 23.1. The molecule has 4 nitrogen and oxygen atoms in total. The molecule has 1 N–H and O–H groups in total. The lowest BCUT2D eigenvalue weighted by Gasteiger charge is -2.37. The SMILES string of the molecule is CC(F)(F)c1nn(C(c2ccccc2)(c2ccccc2)c2ccccc2)c2cc(Cl)nc(CO)c12. The number of rotatable bonds is 6. The van der Waals surface area contributed by atoms with Crippen molar-refractivity contribution < 1.29 is 13.9 Å². The summed E-state index contributed by atoms with van der Waals surface area (Å²) in [6, 6.07) is 30.4. The minimum absolute atomic E-state index is 0.0540. The molecule has 176 valence electrons. The van der Waals surface area contributed by atoms with Gasteiger partial charge in [0.2, 0.25) is 0 Å². The minimum Gasteiger partial charge on any atom is -0.390 e. The van der Waals surface area contributed by atoms with Crippen LogP contribution in [0, 0.1) is 0 Å². The second kappa shape index (κ2) is 8.87. The zero-order valence-corrected chi connectivity index (χ0v) is 19.6. The van der Waals surface area contributed by atoms with Gasteiger partial charge in [-0.1, -0.05) is 103 Å². The third-order valence-electron chi connectivity index (χ3n) is 6.17. The van der Waals surface area contributed by atoms with E-state index in [-0.39, 0.29) is 16.2 Å². The van der Waals surface area contributed by atoms with Crippen molar-refractivity contribution in [2.45, 2.75) is 25.0 Å². The topological polar surface area (TPSA) is 50.9 Å². The number of benzene rings is 3. The number of halogens is 3. The number of hydrogen-bond acceptors (Lipinski definition) is 3. The molecule has 2 heterocycles. The molecule has 0 saturated heterocycles. The lowest BCUT2D eigenvalue weighted by Crippen LogP contribution is -2.38. The van der Waals surface area contributed by atoms with Gasteiger partial charge in [-0.25, -0.2) is 9.67 Å². The third kappa shape index (κ3) is 3.79. The van der Waals surface area contributed by atoms with Crippen LogP contribution < -0.4 is 0 Å². The minimum atomic E-state index is -3.29. The van der Waals surface area contributed by atoms with Crippen LogP contribution >= 0.6 is 11.6 Å². The number of nitrogens with zero attached hydrogens (tertiary/aromatic N) is 3. The van der Waals surface area contributed by atoms with E-state index in [0.29, 0.717) is 5.52 Å². The van der Waals surface area contributed by atoms with Gasteiger partial charge >= 0.3 is 0 Å². The average molecular weight is 490 g/mol. The Morgan fingerprint density at radius 1 is 0.829 bits per heavy atom. The molecule has 0 spiro atoms. The van der Waals surface area contributed by atoms with Crippen molar-refractivity contribution >= 4 is 22.5 Å². The van der Waals surface area contributed by atoms with Crippen LogP contribution in [0.2, 0.25) is 5.15 Å². The molecule has 0 atom stereocenters. The van der Waals surface area contributed by atoms with Gasteiger partial charge in [0.1, 0.15) is 16.4 Å². The largest absolute Gasteiger partial charge is 0.390 e. The van der Waals surface area contributed by atoms with Gasteiger partial charge < -0.3 is 5.11 Å². The number of alkyl halides is 2. The van der Waals surface area contributed by atoms with E-state index in [0.717, 1.165) is 23.6 Å². The van der Waals surface area contributed by atoms with E-state index in [9.17, 15) is 13.9 Å². The zero-order chi connectivity index (χ0) is 24.6. The monoisotopic (exact) mass is 489 g/mol. The highest BCUT2D eigenvalue weighted by Gasteiger charge is 2.43. The lowest BCUT2D eigenvalue weighted by atomic mass is 9.77. The van der Waals surface area contributed by atoms with Crippen LogP contribution in [0.3, 0.4) is 0 Å². The molecule has 0 aliphatic heterocycles. The van der Waals surface area contributed by atoms with Crippen LogP contribution in [0.1, 0.15) is 35.0 Å². The Balaban J connectivity index is 2.04. The van der Waals surface area contributed by atoms with Gasteiger partial charge in [0.15, 0.2) is 0 Å². The normalized spacial score (nSPS) is 12.3. The van der Waals surface area contributed by atoms with Gasteiger partial charge in [0, 0.05) is 13.0 Å². The first-order valence-corrected chi connectivity index (χ1v) is 11.5. The first-order valence-electron chi connectivity index (χ1n) is 11.1. The fourth-order valence-electron chi connectivity index (χ4n) is 4.76. The molecule has 5 rings (SSSR count). The molecule has 0 radical (unpaired) electrons. The van der Waals surface area contributed by atoms with Crippen molar-refractivity contribution in [2.75, 3.05) is 0 Å². The van der Waals surface area contributed by atoms with Crippen molar-refractivity contribution in [3.63, 3.8) is 0 Å². The van der Waals surface area contributed by atoms with Crippen molar-refractivity contribution in [2.24, 2.45) is 0 Å². The summed E-state index contributed by atoms with van der Waals surface area (Å²) in [6.45, 7) is 0.241.